The molecule has 2 aromatic rings. The minimum atomic E-state index is 0. The van der Waals surface area contributed by atoms with Crippen molar-refractivity contribution in [3.63, 3.8) is 0 Å². The molecule has 5 nitrogen and oxygen atoms in total. The van der Waals surface area contributed by atoms with Crippen molar-refractivity contribution in [2.75, 3.05) is 23.4 Å². The Balaban J connectivity index is 0.00000156. The molecular weight excluding hydrogens is 334 g/mol. The van der Waals surface area contributed by atoms with Crippen molar-refractivity contribution in [3.05, 3.63) is 24.1 Å². The minimum absolute atomic E-state index is 0. The van der Waals surface area contributed by atoms with Gasteiger partial charge in [-0.05, 0) is 25.0 Å². The number of carbonyl (C=O) groups excluding carboxylic acids is 1. The Labute approximate surface area is 145 Å². The van der Waals surface area contributed by atoms with Gasteiger partial charge in [-0.2, -0.15) is 11.8 Å². The highest BCUT2D eigenvalue weighted by Gasteiger charge is 2.28. The van der Waals surface area contributed by atoms with Crippen LogP contribution in [0, 0.1) is 0 Å². The molecule has 0 bridgehead atoms. The molecule has 1 saturated carbocycles. The van der Waals surface area contributed by atoms with Gasteiger partial charge in [0.1, 0.15) is 5.52 Å². The predicted octanol–water partition coefficient (Wildman–Crippen LogP) is 3.16. The van der Waals surface area contributed by atoms with Crippen LogP contribution < -0.4 is 10.6 Å². The van der Waals surface area contributed by atoms with E-state index < -0.39 is 0 Å². The first-order valence-electron chi connectivity index (χ1n) is 7.79. The lowest BCUT2D eigenvalue weighted by atomic mass is 10.2. The fourth-order valence-corrected chi connectivity index (χ4v) is 3.66. The predicted molar refractivity (Wildman–Crippen MR) is 95.6 cm³/mol. The van der Waals surface area contributed by atoms with E-state index in [0.717, 1.165) is 40.7 Å². The van der Waals surface area contributed by atoms with Gasteiger partial charge in [0, 0.05) is 48.2 Å². The maximum atomic E-state index is 12.1. The number of aromatic nitrogens is 1. The van der Waals surface area contributed by atoms with Crippen LogP contribution in [-0.4, -0.2) is 35.0 Å². The highest BCUT2D eigenvalue weighted by Crippen LogP contribution is 2.40. The summed E-state index contributed by atoms with van der Waals surface area (Å²) in [6.07, 6.45) is 2.85. The van der Waals surface area contributed by atoms with Gasteiger partial charge in [0.05, 0.1) is 0 Å². The number of fused-ring (bicyclic) bond motifs is 1. The van der Waals surface area contributed by atoms with Gasteiger partial charge in [0.25, 0.3) is 0 Å². The van der Waals surface area contributed by atoms with E-state index in [4.69, 9.17) is 4.42 Å². The Hall–Kier alpha value is -1.24. The Morgan fingerprint density at radius 1 is 1.43 bits per heavy atom. The molecule has 124 valence electrons. The van der Waals surface area contributed by atoms with Crippen molar-refractivity contribution in [3.8, 4) is 0 Å². The van der Waals surface area contributed by atoms with E-state index >= 15 is 0 Å². The quantitative estimate of drug-likeness (QED) is 0.883. The third kappa shape index (κ3) is 4.00. The van der Waals surface area contributed by atoms with Crippen LogP contribution in [0.4, 0.5) is 5.69 Å². The number of oxazole rings is 1. The van der Waals surface area contributed by atoms with E-state index in [1.165, 1.54) is 12.8 Å². The van der Waals surface area contributed by atoms with Crippen molar-refractivity contribution in [1.29, 1.82) is 0 Å². The highest BCUT2D eigenvalue weighted by molar-refractivity contribution is 7.99. The molecule has 2 fully saturated rings. The molecule has 2 heterocycles. The van der Waals surface area contributed by atoms with E-state index in [0.29, 0.717) is 12.3 Å². The summed E-state index contributed by atoms with van der Waals surface area (Å²) in [5, 5.41) is 6.34. The van der Waals surface area contributed by atoms with Crippen LogP contribution in [-0.2, 0) is 4.79 Å². The van der Waals surface area contributed by atoms with E-state index in [-0.39, 0.29) is 24.4 Å². The van der Waals surface area contributed by atoms with Gasteiger partial charge >= 0.3 is 0 Å². The van der Waals surface area contributed by atoms with Crippen molar-refractivity contribution < 1.29 is 9.21 Å². The number of nitrogens with zero attached hydrogens (tertiary/aromatic N) is 1. The third-order valence-electron chi connectivity index (χ3n) is 4.05. The lowest BCUT2D eigenvalue weighted by Crippen LogP contribution is -2.39. The van der Waals surface area contributed by atoms with E-state index in [1.54, 1.807) is 0 Å². The molecule has 1 unspecified atom stereocenters. The summed E-state index contributed by atoms with van der Waals surface area (Å²) >= 11 is 1.90. The van der Waals surface area contributed by atoms with Crippen LogP contribution in [0.1, 0.15) is 31.1 Å². The average molecular weight is 354 g/mol. The third-order valence-corrected chi connectivity index (χ3v) is 5.18. The summed E-state index contributed by atoms with van der Waals surface area (Å²) in [5.74, 6) is 3.51. The lowest BCUT2D eigenvalue weighted by molar-refractivity contribution is -0.116. The number of rotatable bonds is 4. The van der Waals surface area contributed by atoms with Crippen LogP contribution in [0.3, 0.4) is 0 Å². The molecule has 2 aliphatic rings. The largest absolute Gasteiger partial charge is 0.440 e. The Bertz CT molecular complexity index is 696. The first-order valence-corrected chi connectivity index (χ1v) is 8.95. The maximum Gasteiger partial charge on any atom is 0.225 e. The molecule has 1 amide bonds. The number of anilines is 1. The summed E-state index contributed by atoms with van der Waals surface area (Å²) in [6, 6.07) is 5.95. The van der Waals surface area contributed by atoms with Crippen LogP contribution in [0.25, 0.3) is 11.1 Å². The molecule has 1 atom stereocenters. The second-order valence-electron chi connectivity index (χ2n) is 5.99. The van der Waals surface area contributed by atoms with Crippen molar-refractivity contribution >= 4 is 46.9 Å². The van der Waals surface area contributed by atoms with Gasteiger partial charge in [-0.3, -0.25) is 4.79 Å². The Morgan fingerprint density at radius 2 is 2.30 bits per heavy atom. The van der Waals surface area contributed by atoms with Crippen LogP contribution >= 0.6 is 24.2 Å². The topological polar surface area (TPSA) is 67.2 Å². The lowest BCUT2D eigenvalue weighted by Gasteiger charge is -2.22. The summed E-state index contributed by atoms with van der Waals surface area (Å²) in [5.41, 5.74) is 2.40. The summed E-state index contributed by atoms with van der Waals surface area (Å²) in [6.45, 7) is 0.983. The molecule has 2 N–H and O–H groups in total. The van der Waals surface area contributed by atoms with E-state index in [1.807, 2.05) is 30.0 Å². The number of thioether (sulfide) groups is 1. The van der Waals surface area contributed by atoms with Crippen molar-refractivity contribution in [1.82, 2.24) is 10.3 Å². The van der Waals surface area contributed by atoms with Crippen molar-refractivity contribution in [2.24, 2.45) is 0 Å². The van der Waals surface area contributed by atoms with Crippen LogP contribution in [0.15, 0.2) is 22.6 Å². The summed E-state index contributed by atoms with van der Waals surface area (Å²) in [4.78, 5) is 16.6. The van der Waals surface area contributed by atoms with Gasteiger partial charge in [-0.25, -0.2) is 4.98 Å². The van der Waals surface area contributed by atoms with Crippen LogP contribution in [0.2, 0.25) is 0 Å². The smallest absolute Gasteiger partial charge is 0.225 e. The second kappa shape index (κ2) is 7.11. The fourth-order valence-electron chi connectivity index (χ4n) is 2.71. The first kappa shape index (κ1) is 16.6. The summed E-state index contributed by atoms with van der Waals surface area (Å²) in [7, 11) is 0. The van der Waals surface area contributed by atoms with Gasteiger partial charge in [-0.1, -0.05) is 0 Å². The maximum absolute atomic E-state index is 12.1. The number of amides is 1. The zero-order valence-electron chi connectivity index (χ0n) is 12.7. The van der Waals surface area contributed by atoms with Gasteiger partial charge in [0.15, 0.2) is 11.5 Å². The first-order chi connectivity index (χ1) is 10.8. The number of carbonyl (C=O) groups is 1. The fraction of sp³-hybridized carbons (Fsp3) is 0.500. The zero-order valence-corrected chi connectivity index (χ0v) is 14.3. The monoisotopic (exact) mass is 353 g/mol. The summed E-state index contributed by atoms with van der Waals surface area (Å²) < 4.78 is 5.79. The number of hydrogen-bond donors (Lipinski definition) is 2. The van der Waals surface area contributed by atoms with Gasteiger partial charge < -0.3 is 15.1 Å². The van der Waals surface area contributed by atoms with E-state index in [9.17, 15) is 4.79 Å². The Kier molecular flexibility index (Phi) is 5.14. The molecule has 7 heteroatoms. The molecule has 1 aromatic heterocycles. The van der Waals surface area contributed by atoms with Crippen molar-refractivity contribution in [2.45, 2.75) is 31.2 Å². The molecule has 0 spiro atoms. The molecule has 1 aliphatic heterocycles. The molecule has 1 saturated heterocycles. The normalized spacial score (nSPS) is 21.0. The molecule has 23 heavy (non-hydrogen) atoms. The van der Waals surface area contributed by atoms with Gasteiger partial charge in [-0.15, -0.1) is 12.4 Å². The molecular formula is C16H20ClN3O2S. The standard InChI is InChI=1S/C16H19N3O2S.ClH/c20-15(8-12-9-22-6-5-17-12)18-11-3-4-13-14(7-11)21-16(19-13)10-1-2-10;/h3-4,7,10,12,17H,1-2,5-6,8-9H2,(H,18,20);1H. The Morgan fingerprint density at radius 3 is 3.04 bits per heavy atom. The molecule has 0 radical (unpaired) electrons. The average Bonchev–Trinajstić information content (AvgIpc) is 3.28. The zero-order chi connectivity index (χ0) is 14.9. The highest BCUT2D eigenvalue weighted by atomic mass is 35.5. The SMILES string of the molecule is Cl.O=C(CC1CSCCN1)Nc1ccc2nc(C3CC3)oc2c1. The number of halogens is 1. The van der Waals surface area contributed by atoms with E-state index in [2.05, 4.69) is 15.6 Å². The minimum Gasteiger partial charge on any atom is -0.440 e. The second-order valence-corrected chi connectivity index (χ2v) is 7.14. The van der Waals surface area contributed by atoms with Crippen LogP contribution in [0.5, 0.6) is 0 Å². The number of benzene rings is 1. The number of nitrogens with one attached hydrogen (secondary N) is 2. The molecule has 4 rings (SSSR count). The van der Waals surface area contributed by atoms with Gasteiger partial charge in [0.2, 0.25) is 5.91 Å². The molecule has 1 aliphatic carbocycles. The molecule has 1 aromatic carbocycles. The number of hydrogen-bond acceptors (Lipinski definition) is 5.